The van der Waals surface area contributed by atoms with Gasteiger partial charge in [-0.05, 0) is 68.5 Å². The minimum absolute atomic E-state index is 0.0961. The molecule has 0 unspecified atom stereocenters. The van der Waals surface area contributed by atoms with Gasteiger partial charge >= 0.3 is 11.9 Å². The number of fused-ring (bicyclic) bond motifs is 2. The zero-order chi connectivity index (χ0) is 58.2. The highest BCUT2D eigenvalue weighted by atomic mass is 35.5. The Kier molecular flexibility index (Phi) is 20.2. The van der Waals surface area contributed by atoms with Crippen LogP contribution in [0.3, 0.4) is 0 Å². The molecule has 4 aliphatic rings. The fourth-order valence-corrected chi connectivity index (χ4v) is 14.5. The number of Topliss-reactive ketones (excluding diaryl/α,β-unsaturated/α-hetero) is 1. The summed E-state index contributed by atoms with van der Waals surface area (Å²) in [4.78, 5) is 73.7. The maximum Gasteiger partial charge on any atom is 0.320 e. The van der Waals surface area contributed by atoms with Gasteiger partial charge in [-0.2, -0.15) is 0 Å². The van der Waals surface area contributed by atoms with Crippen molar-refractivity contribution in [1.29, 1.82) is 0 Å². The molecule has 7 rings (SSSR count). The van der Waals surface area contributed by atoms with E-state index in [1.165, 1.54) is 43.8 Å². The predicted octanol–water partition coefficient (Wildman–Crippen LogP) is 7.00. The molecule has 3 aromatic heterocycles. The summed E-state index contributed by atoms with van der Waals surface area (Å²) in [5, 5.41) is 13.3. The molecule has 0 spiro atoms. The van der Waals surface area contributed by atoms with Gasteiger partial charge < -0.3 is 63.4 Å². The number of aryl methyl sites for hydroxylation is 1. The second kappa shape index (κ2) is 25.4. The minimum atomic E-state index is -1.50. The first kappa shape index (κ1) is 62.8. The van der Waals surface area contributed by atoms with Crippen LogP contribution in [-0.2, 0) is 63.6 Å². The second-order valence-corrected chi connectivity index (χ2v) is 24.8. The number of aromatic nitrogens is 4. The summed E-state index contributed by atoms with van der Waals surface area (Å²) < 4.78 is 60.5. The molecule has 4 aliphatic heterocycles. The van der Waals surface area contributed by atoms with Crippen LogP contribution < -0.4 is 11.1 Å². The molecule has 1 amide bonds. The molecule has 0 bridgehead atoms. The number of likely N-dealkylation sites (N-methyl/N-ethyl adjacent to an activating group) is 1. The first-order valence-corrected chi connectivity index (χ1v) is 28.9. The standard InChI is InChI=1S/C55H81Cl2N7O14S/c1-16-36-55(10)38(45(51(69)78-55)79-18-17-64-25-61-40-41(64)32(22-60-48(40)58)49(67)62-39-33(56)23-59-24-34(39)57)28(4)43(65)26(2)20-54(9,72-15)47(77-52-42(63(11)12)35(70-13)19-27(3)73-52)29(5)44(30(6)50(68)75-36)76-37-21-53(8,71-14)46(66)31(7)74-37/h22-31,35-38,42,44-47,52,66H,16-21H2,1-15H3,(H2,58,60)(H,59,62,67)/t26-,27-,28-,29+,30-,31+,35-,36-,37+,38+,42+,44+,45+,46+,47-,52+,53-,54-,55-/m1/s1. The van der Waals surface area contributed by atoms with Gasteiger partial charge in [0.25, 0.3) is 5.91 Å². The second-order valence-electron chi connectivity index (χ2n) is 22.7. The molecule has 19 atom stereocenters. The van der Waals surface area contributed by atoms with E-state index in [0.29, 0.717) is 11.9 Å². The molecule has 4 saturated heterocycles. The largest absolute Gasteiger partial charge is 0.458 e. The normalized spacial score (nSPS) is 37.8. The number of nitrogens with zero attached hydrogens (tertiary/aromatic N) is 5. The highest BCUT2D eigenvalue weighted by Gasteiger charge is 2.62. The highest BCUT2D eigenvalue weighted by molar-refractivity contribution is 8.00. The molecule has 7 heterocycles. The number of aliphatic hydroxyl groups is 1. The number of ether oxygens (including phenoxy) is 9. The number of nitrogens with one attached hydrogen (secondary N) is 1. The van der Waals surface area contributed by atoms with E-state index in [0.717, 1.165) is 0 Å². The van der Waals surface area contributed by atoms with Crippen molar-refractivity contribution in [2.24, 2.45) is 29.6 Å². The van der Waals surface area contributed by atoms with Crippen molar-refractivity contribution in [2.75, 3.05) is 52.2 Å². The molecule has 4 fully saturated rings. The number of hydrogen-bond donors (Lipinski definition) is 3. The molecule has 3 aromatic rings. The third-order valence-corrected chi connectivity index (χ3v) is 18.9. The molecule has 4 N–H and O–H groups in total. The van der Waals surface area contributed by atoms with Gasteiger partial charge in [0.2, 0.25) is 0 Å². The lowest BCUT2D eigenvalue weighted by Gasteiger charge is -2.50. The number of nitrogens with two attached hydrogens (primary N) is 1. The lowest BCUT2D eigenvalue weighted by molar-refractivity contribution is -0.316. The van der Waals surface area contributed by atoms with Crippen LogP contribution in [0.2, 0.25) is 10.0 Å². The van der Waals surface area contributed by atoms with E-state index < -0.39 is 113 Å². The average Bonchev–Trinajstić information content (AvgIpc) is 3.95. The van der Waals surface area contributed by atoms with Crippen LogP contribution in [0.4, 0.5) is 11.5 Å². The molecule has 0 aromatic carbocycles. The molecule has 440 valence electrons. The van der Waals surface area contributed by atoms with Crippen molar-refractivity contribution in [3.05, 3.63) is 40.5 Å². The summed E-state index contributed by atoms with van der Waals surface area (Å²) in [5.41, 5.74) is 3.40. The quantitative estimate of drug-likeness (QED) is 0.129. The van der Waals surface area contributed by atoms with Crippen molar-refractivity contribution >= 4 is 81.1 Å². The van der Waals surface area contributed by atoms with E-state index in [2.05, 4.69) is 20.3 Å². The van der Waals surface area contributed by atoms with Crippen molar-refractivity contribution in [3.8, 4) is 0 Å². The Hall–Kier alpha value is -3.78. The summed E-state index contributed by atoms with van der Waals surface area (Å²) in [7, 11) is 8.61. The van der Waals surface area contributed by atoms with E-state index in [-0.39, 0.29) is 88.2 Å². The Labute approximate surface area is 477 Å². The fraction of sp³-hybridized carbons (Fsp3) is 0.727. The van der Waals surface area contributed by atoms with E-state index in [4.69, 9.17) is 71.6 Å². The van der Waals surface area contributed by atoms with Gasteiger partial charge in [0, 0.05) is 88.7 Å². The Balaban J connectivity index is 1.26. The molecule has 0 saturated carbocycles. The van der Waals surface area contributed by atoms with Crippen LogP contribution in [0, 0.1) is 29.6 Å². The first-order valence-electron chi connectivity index (χ1n) is 27.1. The number of hydrogen-bond acceptors (Lipinski definition) is 20. The number of cyclic esters (lactones) is 1. The monoisotopic (exact) mass is 1170 g/mol. The number of carbonyl (C=O) groups is 4. The number of halogens is 2. The van der Waals surface area contributed by atoms with Crippen LogP contribution in [0.25, 0.3) is 11.0 Å². The number of methoxy groups -OCH3 is 3. The Morgan fingerprint density at radius 1 is 0.937 bits per heavy atom. The Morgan fingerprint density at radius 2 is 1.61 bits per heavy atom. The lowest BCUT2D eigenvalue weighted by Crippen LogP contribution is -2.62. The summed E-state index contributed by atoms with van der Waals surface area (Å²) in [5.74, 6) is -5.69. The zero-order valence-electron chi connectivity index (χ0n) is 48.0. The minimum Gasteiger partial charge on any atom is -0.458 e. The van der Waals surface area contributed by atoms with Gasteiger partial charge in [0.1, 0.15) is 28.8 Å². The number of aliphatic hydroxyl groups excluding tert-OH is 1. The number of pyridine rings is 2. The Bertz CT molecular complexity index is 2650. The molecule has 0 radical (unpaired) electrons. The number of anilines is 2. The molecule has 24 heteroatoms. The van der Waals surface area contributed by atoms with Crippen LogP contribution in [0.1, 0.15) is 105 Å². The van der Waals surface area contributed by atoms with Crippen LogP contribution in [0.5, 0.6) is 0 Å². The van der Waals surface area contributed by atoms with E-state index in [1.807, 2.05) is 53.6 Å². The summed E-state index contributed by atoms with van der Waals surface area (Å²) >= 11 is 14.0. The first-order chi connectivity index (χ1) is 37.2. The number of esters is 2. The SMILES string of the molecule is CC[C@H]1OC(=O)[C@H](C)[C@@H](O[C@H]2C[C@@](C)(OC)[C@@H](O)[C@H](C)O2)[C@H](C)[C@@H](O[C@@H]2O[C@H](C)C[C@@H](OC)[C@@H]2N(C)C)[C@](C)(OC)C[C@@H](C)C(=O)[C@H](C)[C@H]2[C@H](SCCn3cnc4c(N)ncc(C(=O)Nc5c(Cl)cncc5Cl)c43)C(=O)O[C@@]21C. The van der Waals surface area contributed by atoms with Crippen molar-refractivity contribution in [3.63, 3.8) is 0 Å². The topological polar surface area (TPSA) is 256 Å². The van der Waals surface area contributed by atoms with Gasteiger partial charge in [0.05, 0.1) is 86.8 Å². The molecular formula is C55H81Cl2N7O14S. The number of imidazole rings is 1. The zero-order valence-corrected chi connectivity index (χ0v) is 50.4. The third kappa shape index (κ3) is 12.6. The van der Waals surface area contributed by atoms with E-state index >= 15 is 9.59 Å². The van der Waals surface area contributed by atoms with Crippen molar-refractivity contribution < 1.29 is 66.9 Å². The van der Waals surface area contributed by atoms with Gasteiger partial charge in [-0.1, -0.05) is 50.9 Å². The molecule has 21 nitrogen and oxygen atoms in total. The number of thioether (sulfide) groups is 1. The number of rotatable bonds is 15. The van der Waals surface area contributed by atoms with E-state index in [9.17, 15) is 14.7 Å². The summed E-state index contributed by atoms with van der Waals surface area (Å²) in [6.45, 7) is 18.4. The number of amides is 1. The maximum atomic E-state index is 15.4. The fourth-order valence-electron chi connectivity index (χ4n) is 12.6. The van der Waals surface area contributed by atoms with Crippen LogP contribution >= 0.6 is 35.0 Å². The van der Waals surface area contributed by atoms with Crippen LogP contribution in [0.15, 0.2) is 24.9 Å². The van der Waals surface area contributed by atoms with Gasteiger partial charge in [0.15, 0.2) is 24.0 Å². The van der Waals surface area contributed by atoms with Crippen molar-refractivity contribution in [2.45, 2.75) is 185 Å². The summed E-state index contributed by atoms with van der Waals surface area (Å²) in [6, 6.07) is -0.381. The lowest BCUT2D eigenvalue weighted by atomic mass is 9.70. The molecule has 79 heavy (non-hydrogen) atoms. The van der Waals surface area contributed by atoms with Crippen molar-refractivity contribution in [1.82, 2.24) is 24.4 Å². The maximum absolute atomic E-state index is 15.4. The number of ketones is 1. The smallest absolute Gasteiger partial charge is 0.320 e. The van der Waals surface area contributed by atoms with Gasteiger partial charge in [-0.3, -0.25) is 29.1 Å². The number of carbonyl (C=O) groups excluding carboxylic acids is 4. The van der Waals surface area contributed by atoms with Gasteiger partial charge in [-0.15, -0.1) is 11.8 Å². The summed E-state index contributed by atoms with van der Waals surface area (Å²) in [6.07, 6.45) is -0.408. The number of nitrogen functional groups attached to an aromatic ring is 1. The average molecular weight is 1170 g/mol. The highest BCUT2D eigenvalue weighted by Crippen LogP contribution is 2.50. The third-order valence-electron chi connectivity index (χ3n) is 17.1. The molecular weight excluding hydrogens is 1090 g/mol. The van der Waals surface area contributed by atoms with Gasteiger partial charge in [-0.25, -0.2) is 9.97 Å². The predicted molar refractivity (Wildman–Crippen MR) is 298 cm³/mol. The Morgan fingerprint density at radius 3 is 2.23 bits per heavy atom. The van der Waals surface area contributed by atoms with E-state index in [1.54, 1.807) is 53.4 Å². The van der Waals surface area contributed by atoms with Crippen LogP contribution in [-0.4, -0.2) is 178 Å². The molecule has 0 aliphatic carbocycles.